The molecule has 0 aliphatic heterocycles. The van der Waals surface area contributed by atoms with Gasteiger partial charge in [0.15, 0.2) is 0 Å². The lowest BCUT2D eigenvalue weighted by atomic mass is 9.93. The Kier molecular flexibility index (Phi) is 5.55. The van der Waals surface area contributed by atoms with Gasteiger partial charge in [0.1, 0.15) is 0 Å². The molecule has 0 unspecified atom stereocenters. The quantitative estimate of drug-likeness (QED) is 0.799. The lowest BCUT2D eigenvalue weighted by Gasteiger charge is -2.27. The molecule has 3 N–H and O–H groups in total. The Balaban J connectivity index is 1.38. The van der Waals surface area contributed by atoms with Crippen molar-refractivity contribution in [3.8, 4) is 0 Å². The highest BCUT2D eigenvalue weighted by Gasteiger charge is 2.27. The summed E-state index contributed by atoms with van der Waals surface area (Å²) in [4.78, 5) is 12.1. The molecule has 0 radical (unpaired) electrons. The van der Waals surface area contributed by atoms with Crippen LogP contribution in [0.2, 0.25) is 0 Å². The fourth-order valence-electron chi connectivity index (χ4n) is 3.97. The number of benzene rings is 1. The molecule has 0 heterocycles. The fourth-order valence-corrected chi connectivity index (χ4v) is 3.97. The first-order valence-electron chi connectivity index (χ1n) is 8.98. The smallest absolute Gasteiger partial charge is 0.315 e. The minimum Gasteiger partial charge on any atom is -0.393 e. The summed E-state index contributed by atoms with van der Waals surface area (Å²) in [5, 5.41) is 15.7. The molecule has 2 aliphatic carbocycles. The SMILES string of the molecule is O=C(NC1CCC(O)CC1)N[C@@H]1CC[C@H](Cc2ccccc2)C1. The fraction of sp³-hybridized carbons (Fsp3) is 0.632. The summed E-state index contributed by atoms with van der Waals surface area (Å²) in [6.07, 6.45) is 7.65. The number of aliphatic hydroxyl groups excluding tert-OH is 1. The first kappa shape index (κ1) is 16.3. The van der Waals surface area contributed by atoms with Crippen LogP contribution in [0.3, 0.4) is 0 Å². The molecule has 1 aromatic carbocycles. The third-order valence-corrected chi connectivity index (χ3v) is 5.28. The number of amides is 2. The maximum absolute atomic E-state index is 12.1. The van der Waals surface area contributed by atoms with Gasteiger partial charge < -0.3 is 15.7 Å². The zero-order chi connectivity index (χ0) is 16.1. The standard InChI is InChI=1S/C19H28N2O2/c22-18-10-8-16(9-11-18)20-19(23)21-17-7-6-15(13-17)12-14-4-2-1-3-5-14/h1-5,15-18,22H,6-13H2,(H2,20,21,23)/t15-,16?,17-,18?/m1/s1. The van der Waals surface area contributed by atoms with Crippen molar-refractivity contribution in [3.63, 3.8) is 0 Å². The summed E-state index contributed by atoms with van der Waals surface area (Å²) in [5.74, 6) is 0.674. The van der Waals surface area contributed by atoms with Gasteiger partial charge in [-0.15, -0.1) is 0 Å². The average molecular weight is 316 g/mol. The highest BCUT2D eigenvalue weighted by Crippen LogP contribution is 2.28. The van der Waals surface area contributed by atoms with Gasteiger partial charge in [-0.25, -0.2) is 4.79 Å². The van der Waals surface area contributed by atoms with Gasteiger partial charge in [0.25, 0.3) is 0 Å². The molecule has 3 rings (SSSR count). The van der Waals surface area contributed by atoms with Crippen LogP contribution in [0, 0.1) is 5.92 Å². The third-order valence-electron chi connectivity index (χ3n) is 5.28. The lowest BCUT2D eigenvalue weighted by molar-refractivity contribution is 0.117. The Labute approximate surface area is 138 Å². The van der Waals surface area contributed by atoms with Crippen molar-refractivity contribution in [3.05, 3.63) is 35.9 Å². The van der Waals surface area contributed by atoms with Gasteiger partial charge >= 0.3 is 6.03 Å². The molecule has 4 nitrogen and oxygen atoms in total. The van der Waals surface area contributed by atoms with Crippen LogP contribution in [0.4, 0.5) is 4.79 Å². The van der Waals surface area contributed by atoms with Gasteiger partial charge in [-0.05, 0) is 62.8 Å². The molecule has 126 valence electrons. The summed E-state index contributed by atoms with van der Waals surface area (Å²) in [6.45, 7) is 0. The molecule has 2 amide bonds. The van der Waals surface area contributed by atoms with Crippen molar-refractivity contribution in [1.82, 2.24) is 10.6 Å². The van der Waals surface area contributed by atoms with Crippen LogP contribution in [-0.4, -0.2) is 29.3 Å². The molecule has 2 aliphatic rings. The number of carbonyl (C=O) groups is 1. The second-order valence-electron chi connectivity index (χ2n) is 7.19. The topological polar surface area (TPSA) is 61.4 Å². The maximum Gasteiger partial charge on any atom is 0.315 e. The monoisotopic (exact) mass is 316 g/mol. The van der Waals surface area contributed by atoms with E-state index in [1.165, 1.54) is 12.0 Å². The van der Waals surface area contributed by atoms with Gasteiger partial charge in [0, 0.05) is 12.1 Å². The van der Waals surface area contributed by atoms with Crippen molar-refractivity contribution >= 4 is 6.03 Å². The average Bonchev–Trinajstić information content (AvgIpc) is 2.97. The van der Waals surface area contributed by atoms with E-state index >= 15 is 0 Å². The first-order chi connectivity index (χ1) is 11.2. The molecular weight excluding hydrogens is 288 g/mol. The molecule has 0 saturated heterocycles. The van der Waals surface area contributed by atoms with Crippen LogP contribution in [0.1, 0.15) is 50.5 Å². The summed E-state index contributed by atoms with van der Waals surface area (Å²) in [6, 6.07) is 11.1. The summed E-state index contributed by atoms with van der Waals surface area (Å²) in [7, 11) is 0. The van der Waals surface area contributed by atoms with E-state index in [1.54, 1.807) is 0 Å². The van der Waals surface area contributed by atoms with Crippen molar-refractivity contribution < 1.29 is 9.90 Å². The van der Waals surface area contributed by atoms with E-state index in [2.05, 4.69) is 41.0 Å². The van der Waals surface area contributed by atoms with Gasteiger partial charge in [0.2, 0.25) is 0 Å². The molecule has 0 aromatic heterocycles. The zero-order valence-corrected chi connectivity index (χ0v) is 13.7. The largest absolute Gasteiger partial charge is 0.393 e. The number of aliphatic hydroxyl groups is 1. The number of hydrogen-bond acceptors (Lipinski definition) is 2. The Morgan fingerprint density at radius 3 is 2.35 bits per heavy atom. The maximum atomic E-state index is 12.1. The van der Waals surface area contributed by atoms with Crippen molar-refractivity contribution in [2.24, 2.45) is 5.92 Å². The Bertz CT molecular complexity index is 497. The van der Waals surface area contributed by atoms with E-state index < -0.39 is 0 Å². The molecule has 2 atom stereocenters. The predicted molar refractivity (Wildman–Crippen MR) is 91.2 cm³/mol. The predicted octanol–water partition coefficient (Wildman–Crippen LogP) is 3.00. The van der Waals surface area contributed by atoms with Crippen LogP contribution < -0.4 is 10.6 Å². The van der Waals surface area contributed by atoms with Gasteiger partial charge in [-0.1, -0.05) is 30.3 Å². The summed E-state index contributed by atoms with van der Waals surface area (Å²) < 4.78 is 0. The minimum absolute atomic E-state index is 0.0308. The highest BCUT2D eigenvalue weighted by molar-refractivity contribution is 5.74. The second-order valence-corrected chi connectivity index (χ2v) is 7.19. The number of urea groups is 1. The highest BCUT2D eigenvalue weighted by atomic mass is 16.3. The molecule has 0 bridgehead atoms. The third kappa shape index (κ3) is 4.96. The van der Waals surface area contributed by atoms with E-state index in [4.69, 9.17) is 0 Å². The second kappa shape index (κ2) is 7.82. The molecule has 4 heteroatoms. The summed E-state index contributed by atoms with van der Waals surface area (Å²) >= 11 is 0. The van der Waals surface area contributed by atoms with Gasteiger partial charge in [-0.3, -0.25) is 0 Å². The van der Waals surface area contributed by atoms with E-state index in [-0.39, 0.29) is 18.2 Å². The number of rotatable bonds is 4. The number of nitrogens with one attached hydrogen (secondary N) is 2. The van der Waals surface area contributed by atoms with Crippen LogP contribution in [-0.2, 0) is 6.42 Å². The van der Waals surface area contributed by atoms with E-state index in [0.717, 1.165) is 44.9 Å². The molecule has 1 aromatic rings. The molecule has 0 spiro atoms. The van der Waals surface area contributed by atoms with E-state index in [9.17, 15) is 9.90 Å². The summed E-state index contributed by atoms with van der Waals surface area (Å²) in [5.41, 5.74) is 1.39. The van der Waals surface area contributed by atoms with E-state index in [0.29, 0.717) is 12.0 Å². The lowest BCUT2D eigenvalue weighted by Crippen LogP contribution is -2.47. The first-order valence-corrected chi connectivity index (χ1v) is 8.98. The normalized spacial score (nSPS) is 30.8. The van der Waals surface area contributed by atoms with Crippen LogP contribution in [0.15, 0.2) is 30.3 Å². The zero-order valence-electron chi connectivity index (χ0n) is 13.7. The minimum atomic E-state index is -0.176. The molecule has 2 saturated carbocycles. The van der Waals surface area contributed by atoms with E-state index in [1.807, 2.05) is 0 Å². The number of carbonyl (C=O) groups excluding carboxylic acids is 1. The van der Waals surface area contributed by atoms with Crippen molar-refractivity contribution in [2.75, 3.05) is 0 Å². The molecule has 2 fully saturated rings. The van der Waals surface area contributed by atoms with Gasteiger partial charge in [0.05, 0.1) is 6.10 Å². The number of hydrogen-bond donors (Lipinski definition) is 3. The van der Waals surface area contributed by atoms with Gasteiger partial charge in [-0.2, -0.15) is 0 Å². The molecular formula is C19H28N2O2. The van der Waals surface area contributed by atoms with Crippen LogP contribution in [0.25, 0.3) is 0 Å². The van der Waals surface area contributed by atoms with Crippen LogP contribution in [0.5, 0.6) is 0 Å². The van der Waals surface area contributed by atoms with Crippen molar-refractivity contribution in [2.45, 2.75) is 69.6 Å². The Hall–Kier alpha value is -1.55. The van der Waals surface area contributed by atoms with Crippen molar-refractivity contribution in [1.29, 1.82) is 0 Å². The Morgan fingerprint density at radius 2 is 1.61 bits per heavy atom. The van der Waals surface area contributed by atoms with Crippen LogP contribution >= 0.6 is 0 Å². The molecule has 23 heavy (non-hydrogen) atoms. The Morgan fingerprint density at radius 1 is 0.957 bits per heavy atom.